The van der Waals surface area contributed by atoms with Crippen LogP contribution in [0.5, 0.6) is 5.75 Å². The average molecular weight is 429 g/mol. The molecule has 30 heavy (non-hydrogen) atoms. The van der Waals surface area contributed by atoms with Crippen LogP contribution < -0.4 is 10.3 Å². The third-order valence-electron chi connectivity index (χ3n) is 4.57. The summed E-state index contributed by atoms with van der Waals surface area (Å²) in [5.41, 5.74) is 1.75. The first-order chi connectivity index (χ1) is 14.6. The molecule has 0 aliphatic carbocycles. The maximum Gasteiger partial charge on any atom is 0.337 e. The number of carbonyl (C=O) groups excluding carboxylic acids is 1. The van der Waals surface area contributed by atoms with Crippen LogP contribution in [0.4, 0.5) is 0 Å². The first-order valence-electron chi connectivity index (χ1n) is 9.45. The van der Waals surface area contributed by atoms with Crippen LogP contribution >= 0.6 is 11.8 Å². The molecule has 0 unspecified atom stereocenters. The molecular weight excluding hydrogens is 404 g/mol. The first kappa shape index (κ1) is 21.9. The summed E-state index contributed by atoms with van der Waals surface area (Å²) in [7, 11) is 4.58. The maximum atomic E-state index is 13.1. The van der Waals surface area contributed by atoms with E-state index in [0.717, 1.165) is 11.3 Å². The number of rotatable bonds is 9. The highest BCUT2D eigenvalue weighted by Crippen LogP contribution is 2.25. The van der Waals surface area contributed by atoms with E-state index in [-0.39, 0.29) is 5.56 Å². The van der Waals surface area contributed by atoms with Crippen molar-refractivity contribution in [1.29, 1.82) is 0 Å². The monoisotopic (exact) mass is 428 g/mol. The average Bonchev–Trinajstić information content (AvgIpc) is 2.78. The van der Waals surface area contributed by atoms with Crippen molar-refractivity contribution in [1.82, 2.24) is 9.55 Å². The third kappa shape index (κ3) is 5.01. The zero-order valence-corrected chi connectivity index (χ0v) is 18.0. The lowest BCUT2D eigenvalue weighted by atomic mass is 10.1. The summed E-state index contributed by atoms with van der Waals surface area (Å²) in [6, 6.07) is 12.6. The van der Waals surface area contributed by atoms with Crippen LogP contribution in [-0.2, 0) is 21.8 Å². The molecule has 0 N–H and O–H groups in total. The fourth-order valence-corrected chi connectivity index (χ4v) is 4.00. The molecule has 1 aromatic heterocycles. The van der Waals surface area contributed by atoms with Crippen LogP contribution in [0.1, 0.15) is 22.3 Å². The van der Waals surface area contributed by atoms with E-state index in [9.17, 15) is 9.59 Å². The number of methoxy groups -OCH3 is 3. The molecule has 0 bridgehead atoms. The lowest BCUT2D eigenvalue weighted by molar-refractivity contribution is 0.0601. The van der Waals surface area contributed by atoms with E-state index in [4.69, 9.17) is 19.2 Å². The molecule has 0 amide bonds. The topological polar surface area (TPSA) is 79.7 Å². The molecule has 7 nitrogen and oxygen atoms in total. The van der Waals surface area contributed by atoms with Gasteiger partial charge in [-0.1, -0.05) is 23.9 Å². The van der Waals surface area contributed by atoms with E-state index in [0.29, 0.717) is 46.9 Å². The van der Waals surface area contributed by atoms with Gasteiger partial charge in [-0.2, -0.15) is 0 Å². The van der Waals surface area contributed by atoms with Crippen LogP contribution in [0, 0.1) is 0 Å². The van der Waals surface area contributed by atoms with Crippen LogP contribution in [0.25, 0.3) is 10.9 Å². The Morgan fingerprint density at radius 3 is 2.70 bits per heavy atom. The lowest BCUT2D eigenvalue weighted by Gasteiger charge is -2.13. The van der Waals surface area contributed by atoms with Gasteiger partial charge in [0.2, 0.25) is 0 Å². The maximum absolute atomic E-state index is 13.1. The summed E-state index contributed by atoms with van der Waals surface area (Å²) in [4.78, 5) is 29.7. The molecule has 3 aromatic rings. The molecule has 0 aliphatic heterocycles. The second-order valence-electron chi connectivity index (χ2n) is 6.56. The summed E-state index contributed by atoms with van der Waals surface area (Å²) in [5.74, 6) is 0.934. The normalized spacial score (nSPS) is 10.9. The zero-order valence-electron chi connectivity index (χ0n) is 17.2. The fourth-order valence-electron chi connectivity index (χ4n) is 3.03. The van der Waals surface area contributed by atoms with Gasteiger partial charge in [0.15, 0.2) is 5.16 Å². The standard InChI is InChI=1S/C22H24N2O5S/c1-27-11-5-10-24-20(25)18-9-8-16(21(26)29-3)13-19(18)23-22(24)30-14-15-6-4-7-17(12-15)28-2/h4,6-9,12-13H,5,10-11,14H2,1-3H3. The van der Waals surface area contributed by atoms with Crippen molar-refractivity contribution in [3.05, 3.63) is 63.9 Å². The summed E-state index contributed by atoms with van der Waals surface area (Å²) < 4.78 is 16.9. The van der Waals surface area contributed by atoms with Crippen LogP contribution in [0.15, 0.2) is 52.4 Å². The Hall–Kier alpha value is -2.84. The minimum atomic E-state index is -0.464. The van der Waals surface area contributed by atoms with Gasteiger partial charge in [-0.15, -0.1) is 0 Å². The molecule has 0 radical (unpaired) electrons. The second kappa shape index (κ2) is 10.3. The Balaban J connectivity index is 1.99. The van der Waals surface area contributed by atoms with Crippen LogP contribution in [0.2, 0.25) is 0 Å². The van der Waals surface area contributed by atoms with E-state index in [1.807, 2.05) is 24.3 Å². The number of nitrogens with zero attached hydrogens (tertiary/aromatic N) is 2. The minimum absolute atomic E-state index is 0.138. The van der Waals surface area contributed by atoms with Gasteiger partial charge < -0.3 is 14.2 Å². The van der Waals surface area contributed by atoms with E-state index >= 15 is 0 Å². The van der Waals surface area contributed by atoms with Gasteiger partial charge in [0.25, 0.3) is 5.56 Å². The number of ether oxygens (including phenoxy) is 3. The van der Waals surface area contributed by atoms with Crippen molar-refractivity contribution in [2.24, 2.45) is 0 Å². The van der Waals surface area contributed by atoms with Crippen molar-refractivity contribution in [3.63, 3.8) is 0 Å². The summed E-state index contributed by atoms with van der Waals surface area (Å²) in [6.45, 7) is 1.04. The molecule has 0 fully saturated rings. The number of aromatic nitrogens is 2. The third-order valence-corrected chi connectivity index (χ3v) is 5.62. The Morgan fingerprint density at radius 1 is 1.13 bits per heavy atom. The molecule has 3 rings (SSSR count). The number of hydrogen-bond donors (Lipinski definition) is 0. The van der Waals surface area contributed by atoms with Crippen LogP contribution in [-0.4, -0.2) is 43.5 Å². The Morgan fingerprint density at radius 2 is 1.97 bits per heavy atom. The highest BCUT2D eigenvalue weighted by Gasteiger charge is 2.14. The highest BCUT2D eigenvalue weighted by atomic mass is 32.2. The Kier molecular flexibility index (Phi) is 7.48. The summed E-state index contributed by atoms with van der Waals surface area (Å²) in [6.07, 6.45) is 0.691. The molecule has 0 atom stereocenters. The van der Waals surface area contributed by atoms with Crippen molar-refractivity contribution in [3.8, 4) is 5.75 Å². The number of hydrogen-bond acceptors (Lipinski definition) is 7. The van der Waals surface area contributed by atoms with E-state index in [2.05, 4.69) is 0 Å². The van der Waals surface area contributed by atoms with Crippen LogP contribution in [0.3, 0.4) is 0 Å². The molecule has 1 heterocycles. The second-order valence-corrected chi connectivity index (χ2v) is 7.50. The highest BCUT2D eigenvalue weighted by molar-refractivity contribution is 7.98. The number of carbonyl (C=O) groups is 1. The van der Waals surface area contributed by atoms with Gasteiger partial charge in [-0.3, -0.25) is 9.36 Å². The summed E-state index contributed by atoms with van der Waals surface area (Å²) >= 11 is 1.47. The van der Waals surface area contributed by atoms with E-state index in [1.54, 1.807) is 37.0 Å². The van der Waals surface area contributed by atoms with Crippen molar-refractivity contribution in [2.75, 3.05) is 27.9 Å². The lowest BCUT2D eigenvalue weighted by Crippen LogP contribution is -2.24. The largest absolute Gasteiger partial charge is 0.497 e. The Bertz CT molecular complexity index is 1100. The minimum Gasteiger partial charge on any atom is -0.497 e. The molecule has 2 aromatic carbocycles. The molecule has 8 heteroatoms. The van der Waals surface area contributed by atoms with Crippen molar-refractivity contribution >= 4 is 28.6 Å². The van der Waals surface area contributed by atoms with Crippen molar-refractivity contribution in [2.45, 2.75) is 23.9 Å². The van der Waals surface area contributed by atoms with Gasteiger partial charge in [0.05, 0.1) is 30.7 Å². The molecular formula is C22H24N2O5S. The smallest absolute Gasteiger partial charge is 0.337 e. The molecule has 158 valence electrons. The van der Waals surface area contributed by atoms with E-state index in [1.165, 1.54) is 18.9 Å². The van der Waals surface area contributed by atoms with Crippen molar-refractivity contribution < 1.29 is 19.0 Å². The fraction of sp³-hybridized carbons (Fsp3) is 0.318. The van der Waals surface area contributed by atoms with E-state index < -0.39 is 5.97 Å². The van der Waals surface area contributed by atoms with Gasteiger partial charge in [0.1, 0.15) is 5.75 Å². The molecule has 0 aliphatic rings. The quantitative estimate of drug-likeness (QED) is 0.223. The van der Waals surface area contributed by atoms with Gasteiger partial charge >= 0.3 is 5.97 Å². The number of benzene rings is 2. The molecule has 0 saturated heterocycles. The number of thioether (sulfide) groups is 1. The van der Waals surface area contributed by atoms with Gasteiger partial charge in [-0.25, -0.2) is 9.78 Å². The number of esters is 1. The zero-order chi connectivity index (χ0) is 21.5. The predicted octanol–water partition coefficient (Wildman–Crippen LogP) is 3.52. The summed E-state index contributed by atoms with van der Waals surface area (Å²) in [5, 5.41) is 1.05. The molecule has 0 spiro atoms. The Labute approximate surface area is 179 Å². The predicted molar refractivity (Wildman–Crippen MR) is 116 cm³/mol. The SMILES string of the molecule is COCCCn1c(SCc2cccc(OC)c2)nc2cc(C(=O)OC)ccc2c1=O. The number of fused-ring (bicyclic) bond motifs is 1. The van der Waals surface area contributed by atoms with Gasteiger partial charge in [-0.05, 0) is 42.3 Å². The first-order valence-corrected chi connectivity index (χ1v) is 10.4. The van der Waals surface area contributed by atoms with Gasteiger partial charge in [0, 0.05) is 26.0 Å². The molecule has 0 saturated carbocycles.